The van der Waals surface area contributed by atoms with Crippen LogP contribution in [0.3, 0.4) is 0 Å². The highest BCUT2D eigenvalue weighted by Crippen LogP contribution is 2.75. The lowest BCUT2D eigenvalue weighted by Gasteiger charge is -2.70. The molecule has 2 aliphatic heterocycles. The molecule has 8 fully saturated rings. The van der Waals surface area contributed by atoms with Gasteiger partial charge in [0.1, 0.15) is 35.0 Å². The number of aromatic nitrogens is 6. The Bertz CT molecular complexity index is 2620. The summed E-state index contributed by atoms with van der Waals surface area (Å²) in [5.74, 6) is -1.21. The molecular formula is C46H47ClF4N8O3. The summed E-state index contributed by atoms with van der Waals surface area (Å²) in [6.45, 7) is 2.07. The Morgan fingerprint density at radius 1 is 0.710 bits per heavy atom. The second kappa shape index (κ2) is 15.7. The molecule has 16 heteroatoms. The van der Waals surface area contributed by atoms with E-state index in [0.717, 1.165) is 79.2 Å². The smallest absolute Gasteiger partial charge is 0.309 e. The van der Waals surface area contributed by atoms with E-state index in [-0.39, 0.29) is 71.2 Å². The number of alkyl halides is 2. The predicted molar refractivity (Wildman–Crippen MR) is 224 cm³/mol. The summed E-state index contributed by atoms with van der Waals surface area (Å²) in [5.41, 5.74) is 4.82. The van der Waals surface area contributed by atoms with Crippen molar-refractivity contribution in [2.24, 2.45) is 21.7 Å². The fourth-order valence-electron chi connectivity index (χ4n) is 11.5. The number of hydrogen-bond donors (Lipinski definition) is 2. The lowest BCUT2D eigenvalue weighted by atomic mass is 9.34. The quantitative estimate of drug-likeness (QED) is 0.146. The normalized spacial score (nSPS) is 30.9. The molecule has 0 spiro atoms. The number of nitrogens with zero attached hydrogens (tertiary/aromatic N) is 7. The molecule has 6 aromatic rings. The molecule has 2 saturated heterocycles. The Labute approximate surface area is 361 Å². The van der Waals surface area contributed by atoms with Gasteiger partial charge in [-0.15, -0.1) is 12.4 Å². The van der Waals surface area contributed by atoms with E-state index < -0.39 is 23.7 Å². The zero-order valence-electron chi connectivity index (χ0n) is 33.8. The van der Waals surface area contributed by atoms with Crippen LogP contribution in [0.2, 0.25) is 0 Å². The summed E-state index contributed by atoms with van der Waals surface area (Å²) < 4.78 is 57.5. The van der Waals surface area contributed by atoms with E-state index >= 15 is 0 Å². The Balaban J connectivity index is 0.000000130. The third-order valence-electron chi connectivity index (χ3n) is 14.1. The Kier molecular flexibility index (Phi) is 10.6. The maximum absolute atomic E-state index is 14.3. The number of hydrogen-bond acceptors (Lipinski definition) is 7. The summed E-state index contributed by atoms with van der Waals surface area (Å²) in [5, 5.41) is 21.0. The summed E-state index contributed by atoms with van der Waals surface area (Å²) in [4.78, 5) is 34.7. The van der Waals surface area contributed by atoms with Crippen LogP contribution in [0.4, 0.5) is 17.6 Å². The number of carbonyl (C=O) groups excluding carboxylic acids is 1. The minimum Gasteiger partial charge on any atom is -0.481 e. The summed E-state index contributed by atoms with van der Waals surface area (Å²) in [7, 11) is 0. The SMILES string of the molecule is Cl.Fc1cccc(C2CC(F)CN2)c1.O=C(N1CC(F)CC1c1cccc(F)c1)C12CC(Cn3ncc4ncccc43)(C1)C2.O=C(O)C12CC(Cn3ncc4ncccc43)(C1)C2. The molecule has 11 nitrogen and oxygen atoms in total. The summed E-state index contributed by atoms with van der Waals surface area (Å²) >= 11 is 0. The van der Waals surface area contributed by atoms with Gasteiger partial charge in [0.25, 0.3) is 0 Å². The van der Waals surface area contributed by atoms with Crippen molar-refractivity contribution < 1.29 is 32.3 Å². The van der Waals surface area contributed by atoms with Crippen LogP contribution >= 0.6 is 12.4 Å². The number of nitrogens with one attached hydrogen (secondary N) is 1. The van der Waals surface area contributed by atoms with Gasteiger partial charge in [-0.3, -0.25) is 28.9 Å². The zero-order valence-corrected chi connectivity index (χ0v) is 34.7. The van der Waals surface area contributed by atoms with Crippen molar-refractivity contribution >= 4 is 46.4 Å². The third-order valence-corrected chi connectivity index (χ3v) is 14.1. The van der Waals surface area contributed by atoms with Gasteiger partial charge in [-0.2, -0.15) is 10.2 Å². The van der Waals surface area contributed by atoms with E-state index in [2.05, 4.69) is 25.5 Å². The van der Waals surface area contributed by atoms with Crippen molar-refractivity contribution in [2.45, 2.75) is 88.9 Å². The predicted octanol–water partition coefficient (Wildman–Crippen LogP) is 8.36. The van der Waals surface area contributed by atoms with E-state index in [1.807, 2.05) is 39.7 Å². The molecule has 8 aliphatic rings. The number of fused-ring (bicyclic) bond motifs is 2. The van der Waals surface area contributed by atoms with Crippen molar-refractivity contribution in [1.29, 1.82) is 0 Å². The Hall–Kier alpha value is -5.41. The van der Waals surface area contributed by atoms with Gasteiger partial charge in [-0.25, -0.2) is 17.6 Å². The van der Waals surface area contributed by atoms with Crippen LogP contribution in [0.1, 0.15) is 74.6 Å². The largest absolute Gasteiger partial charge is 0.481 e. The molecule has 6 heterocycles. The van der Waals surface area contributed by atoms with E-state index in [4.69, 9.17) is 5.11 Å². The number of carboxylic acid groups (broad SMARTS) is 1. The number of rotatable bonds is 8. The number of carboxylic acids is 1. The number of pyridine rings is 2. The van der Waals surface area contributed by atoms with E-state index in [1.54, 1.807) is 47.9 Å². The van der Waals surface area contributed by atoms with Crippen molar-refractivity contribution in [3.05, 3.63) is 120 Å². The molecule has 324 valence electrons. The van der Waals surface area contributed by atoms with E-state index in [1.165, 1.54) is 24.3 Å². The van der Waals surface area contributed by atoms with Crippen molar-refractivity contribution in [3.8, 4) is 0 Å². The van der Waals surface area contributed by atoms with E-state index in [0.29, 0.717) is 18.5 Å². The van der Waals surface area contributed by atoms with Crippen LogP contribution in [-0.4, -0.2) is 76.8 Å². The standard InChI is InChI=1S/C23H22F2N4O.C13H13N3O2.C10H11F2N.ClH/c24-16-4-1-3-15(7-16)20-8-17(25)10-28(20)21(30)23-11-22(12-23,13-23)14-29-19-5-2-6-26-18(19)9-27-29;17-11(18)13-5-12(6-13,7-13)8-16-10-2-1-3-14-9(10)4-15-16;11-8-3-1-2-7(4-8)10-5-9(12)6-13-10;/h1-7,9,17,20H,8,10-14H2;1-4H,5-8H2,(H,17,18);1-4,9-10,13H,5-6H2;1H. The first-order chi connectivity index (χ1) is 29.3. The lowest BCUT2D eigenvalue weighted by Crippen LogP contribution is -2.69. The summed E-state index contributed by atoms with van der Waals surface area (Å²) in [6, 6.07) is 19.9. The van der Waals surface area contributed by atoms with Gasteiger partial charge in [0.2, 0.25) is 5.91 Å². The molecule has 62 heavy (non-hydrogen) atoms. The van der Waals surface area contributed by atoms with Crippen molar-refractivity contribution in [3.63, 3.8) is 0 Å². The first-order valence-electron chi connectivity index (χ1n) is 21.0. The van der Waals surface area contributed by atoms with Crippen LogP contribution in [0.25, 0.3) is 22.1 Å². The van der Waals surface area contributed by atoms with Gasteiger partial charge in [-0.1, -0.05) is 24.3 Å². The third kappa shape index (κ3) is 7.40. The van der Waals surface area contributed by atoms with Crippen molar-refractivity contribution in [1.82, 2.24) is 39.7 Å². The second-order valence-electron chi connectivity index (χ2n) is 18.6. The number of benzene rings is 2. The van der Waals surface area contributed by atoms with Gasteiger partial charge in [0, 0.05) is 44.5 Å². The molecule has 4 atom stereocenters. The molecule has 14 rings (SSSR count). The van der Waals surface area contributed by atoms with Gasteiger partial charge >= 0.3 is 5.97 Å². The second-order valence-corrected chi connectivity index (χ2v) is 18.6. The molecule has 2 N–H and O–H groups in total. The summed E-state index contributed by atoms with van der Waals surface area (Å²) in [6.07, 6.45) is 10.7. The lowest BCUT2D eigenvalue weighted by molar-refractivity contribution is -0.227. The molecule has 4 aromatic heterocycles. The van der Waals surface area contributed by atoms with E-state index in [9.17, 15) is 27.2 Å². The molecule has 6 aliphatic carbocycles. The number of carbonyl (C=O) groups is 2. The van der Waals surface area contributed by atoms with Gasteiger partial charge < -0.3 is 15.3 Å². The van der Waals surface area contributed by atoms with Crippen LogP contribution in [0.15, 0.2) is 97.6 Å². The number of likely N-dealkylation sites (tertiary alicyclic amines) is 1. The molecule has 6 saturated carbocycles. The Morgan fingerprint density at radius 2 is 1.24 bits per heavy atom. The van der Waals surface area contributed by atoms with Crippen molar-refractivity contribution in [2.75, 3.05) is 13.1 Å². The first kappa shape index (κ1) is 41.9. The molecule has 0 radical (unpaired) electrons. The maximum atomic E-state index is 14.3. The minimum atomic E-state index is -1.06. The monoisotopic (exact) mass is 870 g/mol. The van der Waals surface area contributed by atoms with Crippen LogP contribution in [0, 0.1) is 33.3 Å². The fraction of sp³-hybridized carbons (Fsp3) is 0.435. The highest BCUT2D eigenvalue weighted by molar-refractivity contribution is 5.87. The molecule has 1 amide bonds. The van der Waals surface area contributed by atoms with Crippen LogP contribution in [-0.2, 0) is 22.7 Å². The topological polar surface area (TPSA) is 131 Å². The first-order valence-corrected chi connectivity index (χ1v) is 21.0. The highest BCUT2D eigenvalue weighted by Gasteiger charge is 2.73. The highest BCUT2D eigenvalue weighted by atomic mass is 35.5. The number of amides is 1. The van der Waals surface area contributed by atoms with Gasteiger partial charge in [0.05, 0.1) is 46.8 Å². The molecule has 4 bridgehead atoms. The average molecular weight is 871 g/mol. The van der Waals surface area contributed by atoms with Crippen LogP contribution in [0.5, 0.6) is 0 Å². The molecule has 2 aromatic carbocycles. The zero-order chi connectivity index (χ0) is 42.1. The molecule has 4 unspecified atom stereocenters. The number of aliphatic carboxylic acids is 1. The number of halogens is 5. The minimum absolute atomic E-state index is 0. The maximum Gasteiger partial charge on any atom is 0.309 e. The fourth-order valence-corrected chi connectivity index (χ4v) is 11.5. The van der Waals surface area contributed by atoms with Crippen LogP contribution < -0.4 is 5.32 Å². The van der Waals surface area contributed by atoms with Gasteiger partial charge in [-0.05, 0) is 115 Å². The van der Waals surface area contributed by atoms with Gasteiger partial charge in [0.15, 0.2) is 0 Å². The average Bonchev–Trinajstić information content (AvgIpc) is 4.00. The molecular weight excluding hydrogens is 824 g/mol. The Morgan fingerprint density at radius 3 is 1.76 bits per heavy atom.